The number of fused-ring (bicyclic) bond motifs is 1. The Bertz CT molecular complexity index is 295. The summed E-state index contributed by atoms with van der Waals surface area (Å²) in [6, 6.07) is 0. The van der Waals surface area contributed by atoms with Gasteiger partial charge in [-0.05, 0) is 31.2 Å². The molecule has 0 amide bonds. The van der Waals surface area contributed by atoms with Gasteiger partial charge >= 0.3 is 0 Å². The van der Waals surface area contributed by atoms with Crippen molar-refractivity contribution in [1.29, 1.82) is 0 Å². The van der Waals surface area contributed by atoms with Crippen LogP contribution in [0.2, 0.25) is 0 Å². The van der Waals surface area contributed by atoms with Gasteiger partial charge in [0.2, 0.25) is 0 Å². The first-order valence-electron chi connectivity index (χ1n) is 4.73. The third-order valence-electron chi connectivity index (χ3n) is 2.59. The Balaban J connectivity index is 2.31. The van der Waals surface area contributed by atoms with Gasteiger partial charge in [-0.25, -0.2) is 4.39 Å². The van der Waals surface area contributed by atoms with Crippen LogP contribution in [-0.4, -0.2) is 16.7 Å². The van der Waals surface area contributed by atoms with E-state index in [9.17, 15) is 4.39 Å². The Hall–Kier alpha value is -0.900. The van der Waals surface area contributed by atoms with Crippen molar-refractivity contribution in [3.8, 4) is 0 Å². The van der Waals surface area contributed by atoms with Crippen LogP contribution in [0.4, 0.5) is 4.39 Å². The van der Waals surface area contributed by atoms with Crippen molar-refractivity contribution in [2.24, 2.45) is 5.73 Å². The average Bonchev–Trinajstić information content (AvgIpc) is 2.60. The van der Waals surface area contributed by atoms with E-state index in [4.69, 9.17) is 5.73 Å². The van der Waals surface area contributed by atoms with Gasteiger partial charge in [0, 0.05) is 12.2 Å². The Kier molecular flexibility index (Phi) is 2.31. The minimum atomic E-state index is -1.10. The lowest BCUT2D eigenvalue weighted by atomic mass is 9.95. The third-order valence-corrected chi connectivity index (χ3v) is 2.59. The summed E-state index contributed by atoms with van der Waals surface area (Å²) in [4.78, 5) is 0. The molecule has 1 aromatic rings. The van der Waals surface area contributed by atoms with Crippen LogP contribution in [0.15, 0.2) is 0 Å². The number of alkyl halides is 1. The number of nitrogens with one attached hydrogen (secondary N) is 1. The first kappa shape index (κ1) is 8.69. The third kappa shape index (κ3) is 1.46. The molecule has 0 saturated carbocycles. The van der Waals surface area contributed by atoms with Crippen LogP contribution in [0.5, 0.6) is 0 Å². The van der Waals surface area contributed by atoms with E-state index in [0.29, 0.717) is 5.69 Å². The highest BCUT2D eigenvalue weighted by atomic mass is 19.1. The number of hydrogen-bond donors (Lipinski definition) is 2. The molecule has 0 radical (unpaired) electrons. The number of nitrogens with two attached hydrogens (primary N) is 1. The van der Waals surface area contributed by atoms with E-state index in [1.54, 1.807) is 0 Å². The van der Waals surface area contributed by atoms with E-state index < -0.39 is 6.17 Å². The maximum Gasteiger partial charge on any atom is 0.156 e. The van der Waals surface area contributed by atoms with Gasteiger partial charge in [0.15, 0.2) is 6.17 Å². The second kappa shape index (κ2) is 3.46. The highest BCUT2D eigenvalue weighted by Gasteiger charge is 2.21. The molecule has 1 aliphatic carbocycles. The van der Waals surface area contributed by atoms with Crippen LogP contribution in [0.3, 0.4) is 0 Å². The van der Waals surface area contributed by atoms with E-state index >= 15 is 0 Å². The number of rotatable bonds is 2. The lowest BCUT2D eigenvalue weighted by Gasteiger charge is -2.12. The minimum absolute atomic E-state index is 0.0251. The average molecular weight is 183 g/mol. The quantitative estimate of drug-likeness (QED) is 0.725. The molecule has 72 valence electrons. The Morgan fingerprint density at radius 2 is 2.23 bits per heavy atom. The standard InChI is InChI=1S/C9H14FN3/c10-7(5-11)9-6-3-1-2-4-8(6)12-13-9/h7H,1-5,11H2,(H,12,13). The summed E-state index contributed by atoms with van der Waals surface area (Å²) in [6.45, 7) is 0.0251. The molecule has 0 saturated heterocycles. The molecule has 0 spiro atoms. The van der Waals surface area contributed by atoms with E-state index in [0.717, 1.165) is 30.5 Å². The molecule has 1 atom stereocenters. The summed E-state index contributed by atoms with van der Waals surface area (Å²) in [5, 5.41) is 6.88. The van der Waals surface area contributed by atoms with Gasteiger partial charge in [-0.1, -0.05) is 0 Å². The molecule has 4 heteroatoms. The summed E-state index contributed by atoms with van der Waals surface area (Å²) < 4.78 is 13.3. The fraction of sp³-hybridized carbons (Fsp3) is 0.667. The fourth-order valence-corrected chi connectivity index (χ4v) is 1.88. The summed E-state index contributed by atoms with van der Waals surface area (Å²) >= 11 is 0. The predicted octanol–water partition coefficient (Wildman–Crippen LogP) is 1.26. The topological polar surface area (TPSA) is 54.7 Å². The molecular formula is C9H14FN3. The second-order valence-corrected chi connectivity index (χ2v) is 3.48. The number of nitrogens with zero attached hydrogens (tertiary/aromatic N) is 1. The summed E-state index contributed by atoms with van der Waals surface area (Å²) in [7, 11) is 0. The van der Waals surface area contributed by atoms with Crippen LogP contribution in [0.1, 0.15) is 36.0 Å². The molecule has 1 aliphatic rings. The highest BCUT2D eigenvalue weighted by molar-refractivity contribution is 5.29. The van der Waals surface area contributed by atoms with Crippen molar-refractivity contribution < 1.29 is 4.39 Å². The zero-order valence-corrected chi connectivity index (χ0v) is 7.52. The molecule has 2 rings (SSSR count). The summed E-state index contributed by atoms with van der Waals surface area (Å²) in [6.07, 6.45) is 3.16. The van der Waals surface area contributed by atoms with Gasteiger partial charge in [0.25, 0.3) is 0 Å². The predicted molar refractivity (Wildman–Crippen MR) is 48.1 cm³/mol. The molecule has 0 aromatic carbocycles. The molecular weight excluding hydrogens is 169 g/mol. The van der Waals surface area contributed by atoms with Crippen LogP contribution >= 0.6 is 0 Å². The van der Waals surface area contributed by atoms with Gasteiger partial charge in [-0.15, -0.1) is 0 Å². The molecule has 1 heterocycles. The number of aromatic nitrogens is 2. The van der Waals surface area contributed by atoms with Crippen molar-refractivity contribution in [3.05, 3.63) is 17.0 Å². The Morgan fingerprint density at radius 3 is 3.00 bits per heavy atom. The van der Waals surface area contributed by atoms with Crippen molar-refractivity contribution in [3.63, 3.8) is 0 Å². The molecule has 1 aromatic heterocycles. The van der Waals surface area contributed by atoms with Crippen LogP contribution in [0.25, 0.3) is 0 Å². The van der Waals surface area contributed by atoms with Crippen LogP contribution in [0, 0.1) is 0 Å². The SMILES string of the molecule is NCC(F)c1n[nH]c2c1CCCC2. The first-order valence-corrected chi connectivity index (χ1v) is 4.73. The molecule has 3 nitrogen and oxygen atoms in total. The largest absolute Gasteiger partial charge is 0.327 e. The maximum absolute atomic E-state index is 13.3. The lowest BCUT2D eigenvalue weighted by molar-refractivity contribution is 0.342. The van der Waals surface area contributed by atoms with Gasteiger partial charge in [0.05, 0.1) is 0 Å². The fourth-order valence-electron chi connectivity index (χ4n) is 1.88. The van der Waals surface area contributed by atoms with Crippen LogP contribution < -0.4 is 5.73 Å². The number of aryl methyl sites for hydroxylation is 1. The van der Waals surface area contributed by atoms with Crippen molar-refractivity contribution in [1.82, 2.24) is 10.2 Å². The van der Waals surface area contributed by atoms with E-state index in [-0.39, 0.29) is 6.54 Å². The zero-order valence-electron chi connectivity index (χ0n) is 7.52. The molecule has 0 aliphatic heterocycles. The van der Waals surface area contributed by atoms with Gasteiger partial charge < -0.3 is 5.73 Å². The lowest BCUT2D eigenvalue weighted by Crippen LogP contribution is -2.11. The van der Waals surface area contributed by atoms with E-state index in [2.05, 4.69) is 10.2 Å². The molecule has 13 heavy (non-hydrogen) atoms. The maximum atomic E-state index is 13.3. The van der Waals surface area contributed by atoms with E-state index in [1.165, 1.54) is 6.42 Å². The molecule has 0 bridgehead atoms. The minimum Gasteiger partial charge on any atom is -0.327 e. The summed E-state index contributed by atoms with van der Waals surface area (Å²) in [5.74, 6) is 0. The highest BCUT2D eigenvalue weighted by Crippen LogP contribution is 2.27. The van der Waals surface area contributed by atoms with Crippen LogP contribution in [-0.2, 0) is 12.8 Å². The first-order chi connectivity index (χ1) is 6.33. The number of H-pyrrole nitrogens is 1. The van der Waals surface area contributed by atoms with Gasteiger partial charge in [-0.2, -0.15) is 5.10 Å². The van der Waals surface area contributed by atoms with Crippen molar-refractivity contribution >= 4 is 0 Å². The van der Waals surface area contributed by atoms with E-state index in [1.807, 2.05) is 0 Å². The molecule has 3 N–H and O–H groups in total. The van der Waals surface area contributed by atoms with Gasteiger partial charge in [0.1, 0.15) is 5.69 Å². The normalized spacial score (nSPS) is 18.3. The van der Waals surface area contributed by atoms with Crippen molar-refractivity contribution in [2.75, 3.05) is 6.54 Å². The Labute approximate surface area is 76.5 Å². The molecule has 1 unspecified atom stereocenters. The number of aromatic amines is 1. The smallest absolute Gasteiger partial charge is 0.156 e. The van der Waals surface area contributed by atoms with Gasteiger partial charge in [-0.3, -0.25) is 5.10 Å². The zero-order chi connectivity index (χ0) is 9.26. The number of hydrogen-bond acceptors (Lipinski definition) is 2. The summed E-state index contributed by atoms with van der Waals surface area (Å²) in [5.41, 5.74) is 7.99. The second-order valence-electron chi connectivity index (χ2n) is 3.48. The molecule has 0 fully saturated rings. The van der Waals surface area contributed by atoms with Crippen molar-refractivity contribution in [2.45, 2.75) is 31.9 Å². The Morgan fingerprint density at radius 1 is 1.46 bits per heavy atom. The number of halogens is 1. The monoisotopic (exact) mass is 183 g/mol.